The van der Waals surface area contributed by atoms with Crippen molar-refractivity contribution in [2.75, 3.05) is 0 Å². The van der Waals surface area contributed by atoms with E-state index in [0.29, 0.717) is 11.3 Å². The first-order chi connectivity index (χ1) is 13.7. The number of amides is 1. The Hall–Kier alpha value is -3.96. The van der Waals surface area contributed by atoms with Gasteiger partial charge in [-0.05, 0) is 30.3 Å². The number of hydrazone groups is 1. The Bertz CT molecular complexity index is 1050. The summed E-state index contributed by atoms with van der Waals surface area (Å²) in [6, 6.07) is 9.68. The molecule has 0 aliphatic carbocycles. The van der Waals surface area contributed by atoms with Crippen LogP contribution >= 0.6 is 0 Å². The number of hydrogen-bond acceptors (Lipinski definition) is 6. The lowest BCUT2D eigenvalue weighted by Gasteiger charge is -2.02. The van der Waals surface area contributed by atoms with Crippen LogP contribution in [0.3, 0.4) is 0 Å². The van der Waals surface area contributed by atoms with E-state index in [2.05, 4.69) is 15.6 Å². The molecular formula is C17H12F3N5O4. The number of nitrogens with one attached hydrogen (secondary N) is 1. The van der Waals surface area contributed by atoms with E-state index in [-0.39, 0.29) is 11.4 Å². The molecule has 150 valence electrons. The maximum Gasteiger partial charge on any atom is 0.435 e. The third kappa shape index (κ3) is 5.06. The highest BCUT2D eigenvalue weighted by molar-refractivity contribution is 5.81. The summed E-state index contributed by atoms with van der Waals surface area (Å²) in [5, 5.41) is 17.6. The molecule has 0 saturated heterocycles. The summed E-state index contributed by atoms with van der Waals surface area (Å²) in [4.78, 5) is 21.9. The van der Waals surface area contributed by atoms with Gasteiger partial charge in [0.2, 0.25) is 0 Å². The fraction of sp³-hybridized carbons (Fsp3) is 0.118. The number of benzene rings is 1. The fourth-order valence-corrected chi connectivity index (χ4v) is 2.28. The van der Waals surface area contributed by atoms with Gasteiger partial charge in [0.25, 0.3) is 11.6 Å². The molecule has 0 fully saturated rings. The molecule has 0 saturated carbocycles. The van der Waals surface area contributed by atoms with Crippen LogP contribution in [0.25, 0.3) is 11.3 Å². The van der Waals surface area contributed by atoms with E-state index in [1.807, 2.05) is 0 Å². The van der Waals surface area contributed by atoms with E-state index in [0.717, 1.165) is 16.9 Å². The van der Waals surface area contributed by atoms with Crippen LogP contribution < -0.4 is 5.43 Å². The second kappa shape index (κ2) is 7.96. The van der Waals surface area contributed by atoms with E-state index in [1.54, 1.807) is 12.1 Å². The maximum absolute atomic E-state index is 12.5. The second-order valence-corrected chi connectivity index (χ2v) is 5.70. The molecule has 0 atom stereocenters. The van der Waals surface area contributed by atoms with Gasteiger partial charge in [0.05, 0.1) is 11.1 Å². The monoisotopic (exact) mass is 407 g/mol. The van der Waals surface area contributed by atoms with Gasteiger partial charge in [-0.25, -0.2) is 5.43 Å². The Kier molecular flexibility index (Phi) is 5.43. The predicted octanol–water partition coefficient (Wildman–Crippen LogP) is 3.22. The lowest BCUT2D eigenvalue weighted by molar-refractivity contribution is -0.384. The summed E-state index contributed by atoms with van der Waals surface area (Å²) in [5.41, 5.74) is 1.61. The van der Waals surface area contributed by atoms with Crippen molar-refractivity contribution < 1.29 is 27.3 Å². The van der Waals surface area contributed by atoms with Crippen LogP contribution in [-0.4, -0.2) is 26.8 Å². The molecule has 0 bridgehead atoms. The van der Waals surface area contributed by atoms with Crippen molar-refractivity contribution in [2.24, 2.45) is 5.10 Å². The van der Waals surface area contributed by atoms with Crippen LogP contribution in [0.2, 0.25) is 0 Å². The number of carbonyl (C=O) groups is 1. The third-order valence-electron chi connectivity index (χ3n) is 3.61. The third-order valence-corrected chi connectivity index (χ3v) is 3.61. The highest BCUT2D eigenvalue weighted by Crippen LogP contribution is 2.27. The van der Waals surface area contributed by atoms with Crippen LogP contribution in [-0.2, 0) is 17.5 Å². The summed E-state index contributed by atoms with van der Waals surface area (Å²) in [5.74, 6) is 0.0428. The molecule has 2 heterocycles. The van der Waals surface area contributed by atoms with E-state index in [4.69, 9.17) is 4.42 Å². The van der Waals surface area contributed by atoms with Gasteiger partial charge < -0.3 is 4.42 Å². The van der Waals surface area contributed by atoms with Crippen molar-refractivity contribution in [1.82, 2.24) is 15.2 Å². The molecular weight excluding hydrogens is 395 g/mol. The summed E-state index contributed by atoms with van der Waals surface area (Å²) < 4.78 is 43.7. The summed E-state index contributed by atoms with van der Waals surface area (Å²) >= 11 is 0. The van der Waals surface area contributed by atoms with Crippen LogP contribution in [0.1, 0.15) is 11.5 Å². The zero-order valence-electron chi connectivity index (χ0n) is 14.5. The average molecular weight is 407 g/mol. The first-order valence-electron chi connectivity index (χ1n) is 7.99. The maximum atomic E-state index is 12.5. The molecule has 0 unspecified atom stereocenters. The Morgan fingerprint density at radius 1 is 1.24 bits per heavy atom. The quantitative estimate of drug-likeness (QED) is 0.383. The van der Waals surface area contributed by atoms with Crippen LogP contribution in [0, 0.1) is 10.1 Å². The fourth-order valence-electron chi connectivity index (χ4n) is 2.28. The number of nitro groups is 1. The molecule has 3 rings (SSSR count). The Morgan fingerprint density at radius 2 is 1.97 bits per heavy atom. The van der Waals surface area contributed by atoms with E-state index >= 15 is 0 Å². The van der Waals surface area contributed by atoms with Crippen LogP contribution in [0.4, 0.5) is 18.9 Å². The van der Waals surface area contributed by atoms with Gasteiger partial charge in [-0.1, -0.05) is 0 Å². The number of rotatable bonds is 6. The number of halogens is 3. The Balaban J connectivity index is 1.56. The number of aromatic nitrogens is 2. The molecule has 0 aliphatic heterocycles. The minimum atomic E-state index is -4.58. The highest BCUT2D eigenvalue weighted by atomic mass is 19.4. The van der Waals surface area contributed by atoms with Crippen molar-refractivity contribution in [3.8, 4) is 11.3 Å². The van der Waals surface area contributed by atoms with E-state index in [1.165, 1.54) is 30.5 Å². The lowest BCUT2D eigenvalue weighted by Crippen LogP contribution is -2.23. The molecule has 1 aromatic carbocycles. The van der Waals surface area contributed by atoms with E-state index < -0.39 is 29.2 Å². The summed E-state index contributed by atoms with van der Waals surface area (Å²) in [7, 11) is 0. The van der Waals surface area contributed by atoms with Crippen molar-refractivity contribution in [1.29, 1.82) is 0 Å². The van der Waals surface area contributed by atoms with Crippen molar-refractivity contribution in [3.63, 3.8) is 0 Å². The number of nitrogens with zero attached hydrogens (tertiary/aromatic N) is 4. The molecule has 0 radical (unpaired) electrons. The zero-order valence-corrected chi connectivity index (χ0v) is 14.5. The minimum absolute atomic E-state index is 0.0515. The molecule has 2 aromatic heterocycles. The molecule has 1 N–H and O–H groups in total. The molecule has 9 nitrogen and oxygen atoms in total. The summed E-state index contributed by atoms with van der Waals surface area (Å²) in [6.45, 7) is -0.445. The zero-order chi connectivity index (χ0) is 21.0. The molecule has 0 aliphatic rings. The van der Waals surface area contributed by atoms with Crippen molar-refractivity contribution in [2.45, 2.75) is 12.7 Å². The average Bonchev–Trinajstić information content (AvgIpc) is 3.31. The van der Waals surface area contributed by atoms with Gasteiger partial charge in [-0.15, -0.1) is 0 Å². The molecule has 12 heteroatoms. The smallest absolute Gasteiger partial charge is 0.435 e. The number of carbonyl (C=O) groups excluding carboxylic acids is 1. The Labute approximate surface area is 160 Å². The van der Waals surface area contributed by atoms with Crippen LogP contribution in [0.15, 0.2) is 58.2 Å². The van der Waals surface area contributed by atoms with Gasteiger partial charge >= 0.3 is 6.18 Å². The predicted molar refractivity (Wildman–Crippen MR) is 93.8 cm³/mol. The number of nitro benzene ring substituents is 1. The molecule has 3 aromatic rings. The van der Waals surface area contributed by atoms with Crippen molar-refractivity contribution in [3.05, 3.63) is 70.2 Å². The van der Waals surface area contributed by atoms with Crippen molar-refractivity contribution >= 4 is 17.8 Å². The first kappa shape index (κ1) is 19.8. The highest BCUT2D eigenvalue weighted by Gasteiger charge is 2.33. The first-order valence-corrected chi connectivity index (χ1v) is 7.99. The van der Waals surface area contributed by atoms with E-state index in [9.17, 15) is 28.1 Å². The molecule has 1 amide bonds. The lowest BCUT2D eigenvalue weighted by atomic mass is 10.1. The minimum Gasteiger partial charge on any atom is -0.455 e. The standard InChI is InChI=1S/C17H12F3N5O4/c18-17(19,20)15-7-8-24(23-15)10-16(26)22-21-9-13-5-6-14(29-13)11-1-3-12(4-2-11)25(27)28/h1-9H,10H2,(H,22,26). The van der Waals surface area contributed by atoms with Gasteiger partial charge in [0, 0.05) is 23.9 Å². The number of furan rings is 1. The van der Waals surface area contributed by atoms with Crippen LogP contribution in [0.5, 0.6) is 0 Å². The SMILES string of the molecule is O=C(Cn1ccc(C(F)(F)F)n1)NN=Cc1ccc(-c2ccc([N+](=O)[O-])cc2)o1. The largest absolute Gasteiger partial charge is 0.455 e. The number of hydrogen-bond donors (Lipinski definition) is 1. The Morgan fingerprint density at radius 3 is 2.59 bits per heavy atom. The van der Waals surface area contributed by atoms with Gasteiger partial charge in [0.1, 0.15) is 18.1 Å². The number of alkyl halides is 3. The topological polar surface area (TPSA) is 116 Å². The van der Waals surface area contributed by atoms with Gasteiger partial charge in [0.15, 0.2) is 5.69 Å². The summed E-state index contributed by atoms with van der Waals surface area (Å²) in [6.07, 6.45) is -2.34. The number of non-ortho nitro benzene ring substituents is 1. The molecule has 0 spiro atoms. The van der Waals surface area contributed by atoms with Gasteiger partial charge in [-0.2, -0.15) is 23.4 Å². The second-order valence-electron chi connectivity index (χ2n) is 5.70. The normalized spacial score (nSPS) is 11.7. The molecule has 29 heavy (non-hydrogen) atoms. The van der Waals surface area contributed by atoms with Gasteiger partial charge in [-0.3, -0.25) is 19.6 Å².